The molecule has 110 valence electrons. The van der Waals surface area contributed by atoms with Crippen molar-refractivity contribution in [1.82, 2.24) is 10.3 Å². The average molecular weight is 290 g/mol. The van der Waals surface area contributed by atoms with E-state index in [-0.39, 0.29) is 5.75 Å². The van der Waals surface area contributed by atoms with Crippen LogP contribution in [0.1, 0.15) is 24.1 Å². The van der Waals surface area contributed by atoms with Gasteiger partial charge in [-0.25, -0.2) is 8.78 Å². The number of aromatic nitrogens is 1. The van der Waals surface area contributed by atoms with Gasteiger partial charge in [-0.2, -0.15) is 0 Å². The summed E-state index contributed by atoms with van der Waals surface area (Å²) < 4.78 is 32.5. The lowest BCUT2D eigenvalue weighted by atomic mass is 10.2. The second kappa shape index (κ2) is 5.77. The average Bonchev–Trinajstić information content (AvgIpc) is 3.26. The molecule has 3 nitrogen and oxygen atoms in total. The van der Waals surface area contributed by atoms with Crippen LogP contribution in [0, 0.1) is 18.6 Å². The molecule has 1 fully saturated rings. The number of hydrogen-bond donors (Lipinski definition) is 1. The van der Waals surface area contributed by atoms with E-state index in [4.69, 9.17) is 4.74 Å². The molecule has 0 saturated heterocycles. The normalized spacial score (nSPS) is 14.2. The monoisotopic (exact) mass is 290 g/mol. The predicted octanol–water partition coefficient (Wildman–Crippen LogP) is 3.71. The predicted molar refractivity (Wildman–Crippen MR) is 75.3 cm³/mol. The van der Waals surface area contributed by atoms with Gasteiger partial charge in [-0.3, -0.25) is 4.98 Å². The second-order valence-electron chi connectivity index (χ2n) is 5.27. The van der Waals surface area contributed by atoms with Gasteiger partial charge in [0.1, 0.15) is 11.6 Å². The summed E-state index contributed by atoms with van der Waals surface area (Å²) in [4.78, 5) is 4.23. The summed E-state index contributed by atoms with van der Waals surface area (Å²) in [5.74, 6) is -0.741. The Morgan fingerprint density at radius 1 is 1.24 bits per heavy atom. The Hall–Kier alpha value is -2.01. The van der Waals surface area contributed by atoms with Crippen LogP contribution in [0.25, 0.3) is 0 Å². The highest BCUT2D eigenvalue weighted by Crippen LogP contribution is 2.29. The van der Waals surface area contributed by atoms with Gasteiger partial charge in [-0.1, -0.05) is 0 Å². The first-order valence-corrected chi connectivity index (χ1v) is 6.93. The largest absolute Gasteiger partial charge is 0.454 e. The highest BCUT2D eigenvalue weighted by molar-refractivity contribution is 5.38. The Morgan fingerprint density at radius 2 is 2.05 bits per heavy atom. The fraction of sp³-hybridized carbons (Fsp3) is 0.312. The molecule has 1 N–H and O–H groups in total. The maximum Gasteiger partial charge on any atom is 0.165 e. The lowest BCUT2D eigenvalue weighted by Crippen LogP contribution is -2.16. The van der Waals surface area contributed by atoms with E-state index in [9.17, 15) is 8.78 Å². The van der Waals surface area contributed by atoms with Crippen molar-refractivity contribution in [3.05, 3.63) is 53.4 Å². The molecule has 1 aromatic heterocycles. The van der Waals surface area contributed by atoms with E-state index in [1.165, 1.54) is 12.8 Å². The summed E-state index contributed by atoms with van der Waals surface area (Å²) in [6.45, 7) is 2.43. The van der Waals surface area contributed by atoms with Crippen LogP contribution >= 0.6 is 0 Å². The van der Waals surface area contributed by atoms with Gasteiger partial charge >= 0.3 is 0 Å². The number of pyridine rings is 1. The molecule has 0 unspecified atom stereocenters. The van der Waals surface area contributed by atoms with Gasteiger partial charge in [0, 0.05) is 42.2 Å². The molecule has 1 aliphatic rings. The molecule has 0 spiro atoms. The van der Waals surface area contributed by atoms with E-state index in [1.807, 2.05) is 6.92 Å². The molecule has 1 aliphatic carbocycles. The standard InChI is InChI=1S/C16H16F2N2O/c1-10-6-15(11(8-19-10)9-20-13-3-4-13)21-16-7-12(17)2-5-14(16)18/h2,5-8,13,20H,3-4,9H2,1H3. The molecule has 1 saturated carbocycles. The molecule has 1 heterocycles. The maximum absolute atomic E-state index is 13.7. The molecular weight excluding hydrogens is 274 g/mol. The van der Waals surface area contributed by atoms with Gasteiger partial charge in [0.15, 0.2) is 11.6 Å². The zero-order chi connectivity index (χ0) is 14.8. The van der Waals surface area contributed by atoms with Gasteiger partial charge in [0.25, 0.3) is 0 Å². The smallest absolute Gasteiger partial charge is 0.165 e. The topological polar surface area (TPSA) is 34.1 Å². The summed E-state index contributed by atoms with van der Waals surface area (Å²) >= 11 is 0. The van der Waals surface area contributed by atoms with Crippen molar-refractivity contribution in [2.75, 3.05) is 0 Å². The molecule has 2 aromatic rings. The van der Waals surface area contributed by atoms with Crippen LogP contribution in [0.2, 0.25) is 0 Å². The summed E-state index contributed by atoms with van der Waals surface area (Å²) in [5.41, 5.74) is 1.59. The van der Waals surface area contributed by atoms with Crippen LogP contribution in [0.5, 0.6) is 11.5 Å². The Labute approximate surface area is 122 Å². The van der Waals surface area contributed by atoms with Crippen LogP contribution in [0.4, 0.5) is 8.78 Å². The Kier molecular flexibility index (Phi) is 3.84. The van der Waals surface area contributed by atoms with Crippen molar-refractivity contribution in [2.45, 2.75) is 32.4 Å². The molecule has 0 bridgehead atoms. The summed E-state index contributed by atoms with van der Waals surface area (Å²) in [5, 5.41) is 3.36. The molecule has 21 heavy (non-hydrogen) atoms. The third-order valence-electron chi connectivity index (χ3n) is 3.35. The number of halogens is 2. The minimum Gasteiger partial charge on any atom is -0.454 e. The van der Waals surface area contributed by atoms with Crippen LogP contribution in [-0.4, -0.2) is 11.0 Å². The maximum atomic E-state index is 13.7. The number of nitrogens with one attached hydrogen (secondary N) is 1. The fourth-order valence-corrected chi connectivity index (χ4v) is 2.01. The van der Waals surface area contributed by atoms with Gasteiger partial charge in [0.05, 0.1) is 0 Å². The second-order valence-corrected chi connectivity index (χ2v) is 5.27. The molecule has 0 radical (unpaired) electrons. The molecule has 3 rings (SSSR count). The minimum atomic E-state index is -0.591. The van der Waals surface area contributed by atoms with Crippen molar-refractivity contribution in [3.8, 4) is 11.5 Å². The highest BCUT2D eigenvalue weighted by Gasteiger charge is 2.21. The van der Waals surface area contributed by atoms with Crippen LogP contribution < -0.4 is 10.1 Å². The zero-order valence-corrected chi connectivity index (χ0v) is 11.7. The van der Waals surface area contributed by atoms with E-state index in [1.54, 1.807) is 12.3 Å². The fourth-order valence-electron chi connectivity index (χ4n) is 2.01. The number of rotatable bonds is 5. The first-order chi connectivity index (χ1) is 10.1. The SMILES string of the molecule is Cc1cc(Oc2cc(F)ccc2F)c(CNC2CC2)cn1. The molecule has 0 amide bonds. The molecule has 0 atom stereocenters. The van der Waals surface area contributed by atoms with Crippen molar-refractivity contribution >= 4 is 0 Å². The molecule has 5 heteroatoms. The lowest BCUT2D eigenvalue weighted by molar-refractivity contribution is 0.429. The lowest BCUT2D eigenvalue weighted by Gasteiger charge is -2.13. The third-order valence-corrected chi connectivity index (χ3v) is 3.35. The van der Waals surface area contributed by atoms with E-state index in [2.05, 4.69) is 10.3 Å². The number of ether oxygens (including phenoxy) is 1. The third kappa shape index (κ3) is 3.55. The number of aryl methyl sites for hydroxylation is 1. The molecule has 1 aromatic carbocycles. The highest BCUT2D eigenvalue weighted by atomic mass is 19.1. The van der Waals surface area contributed by atoms with E-state index >= 15 is 0 Å². The number of nitrogens with zero attached hydrogens (tertiary/aromatic N) is 1. The van der Waals surface area contributed by atoms with Crippen molar-refractivity contribution in [3.63, 3.8) is 0 Å². The first kappa shape index (κ1) is 13.9. The first-order valence-electron chi connectivity index (χ1n) is 6.93. The Morgan fingerprint density at radius 3 is 2.81 bits per heavy atom. The molecular formula is C16H16F2N2O. The van der Waals surface area contributed by atoms with Crippen molar-refractivity contribution < 1.29 is 13.5 Å². The van der Waals surface area contributed by atoms with Crippen LogP contribution in [-0.2, 0) is 6.54 Å². The van der Waals surface area contributed by atoms with Gasteiger partial charge in [-0.05, 0) is 31.9 Å². The van der Waals surface area contributed by atoms with Gasteiger partial charge < -0.3 is 10.1 Å². The van der Waals surface area contributed by atoms with E-state index in [0.717, 1.165) is 29.5 Å². The number of benzene rings is 1. The minimum absolute atomic E-state index is 0.117. The van der Waals surface area contributed by atoms with Crippen LogP contribution in [0.15, 0.2) is 30.5 Å². The Balaban J connectivity index is 1.85. The van der Waals surface area contributed by atoms with E-state index in [0.29, 0.717) is 18.3 Å². The quantitative estimate of drug-likeness (QED) is 0.911. The summed E-state index contributed by atoms with van der Waals surface area (Å²) in [6.07, 6.45) is 4.05. The Bertz CT molecular complexity index is 657. The van der Waals surface area contributed by atoms with Crippen molar-refractivity contribution in [2.24, 2.45) is 0 Å². The summed E-state index contributed by atoms with van der Waals surface area (Å²) in [7, 11) is 0. The number of hydrogen-bond acceptors (Lipinski definition) is 3. The summed E-state index contributed by atoms with van der Waals surface area (Å²) in [6, 6.07) is 5.44. The zero-order valence-electron chi connectivity index (χ0n) is 11.7. The van der Waals surface area contributed by atoms with Gasteiger partial charge in [0.2, 0.25) is 0 Å². The van der Waals surface area contributed by atoms with E-state index < -0.39 is 11.6 Å². The molecule has 0 aliphatic heterocycles. The van der Waals surface area contributed by atoms with Gasteiger partial charge in [-0.15, -0.1) is 0 Å². The van der Waals surface area contributed by atoms with Crippen LogP contribution in [0.3, 0.4) is 0 Å². The van der Waals surface area contributed by atoms with Crippen molar-refractivity contribution in [1.29, 1.82) is 0 Å².